The number of imidazole rings is 1. The monoisotopic (exact) mass is 1030 g/mol. The lowest BCUT2D eigenvalue weighted by molar-refractivity contribution is -0.145. The normalized spacial score (nSPS) is 16.5. The van der Waals surface area contributed by atoms with Crippen LogP contribution in [0.2, 0.25) is 0 Å². The number of phenolic OH excluding ortho intramolecular Hbond substituents is 1. The van der Waals surface area contributed by atoms with E-state index in [1.165, 1.54) is 29.6 Å². The smallest absolute Gasteiger partial charge is 0.326 e. The average Bonchev–Trinajstić information content (AvgIpc) is 4.08. The Morgan fingerprint density at radius 2 is 1.38 bits per heavy atom. The summed E-state index contributed by atoms with van der Waals surface area (Å²) in [4.78, 5) is 123. The van der Waals surface area contributed by atoms with Crippen LogP contribution >= 0.6 is 12.6 Å². The number of nitrogens with one attached hydrogen (secondary N) is 7. The number of aliphatic imine (C=N–C) groups is 1. The summed E-state index contributed by atoms with van der Waals surface area (Å²) in [7, 11) is 0. The van der Waals surface area contributed by atoms with Crippen molar-refractivity contribution in [2.45, 2.75) is 127 Å². The molecule has 15 N–H and O–H groups in total. The van der Waals surface area contributed by atoms with Gasteiger partial charge in [0.2, 0.25) is 41.4 Å². The van der Waals surface area contributed by atoms with Crippen LogP contribution in [0.5, 0.6) is 5.75 Å². The molecule has 1 aliphatic rings. The zero-order valence-corrected chi connectivity index (χ0v) is 42.5. The summed E-state index contributed by atoms with van der Waals surface area (Å²) in [6, 6.07) is 4.97. The molecule has 0 bridgehead atoms. The molecule has 1 fully saturated rings. The number of benzene rings is 2. The lowest BCUT2D eigenvalue weighted by Gasteiger charge is -2.32. The zero-order valence-electron chi connectivity index (χ0n) is 41.6. The largest absolute Gasteiger partial charge is 0.508 e. The molecule has 73 heavy (non-hydrogen) atoms. The number of rotatable bonds is 28. The summed E-state index contributed by atoms with van der Waals surface area (Å²) in [5.74, 6) is -7.54. The molecule has 0 unspecified atom stereocenters. The summed E-state index contributed by atoms with van der Waals surface area (Å²) >= 11 is 4.07. The van der Waals surface area contributed by atoms with E-state index in [-0.39, 0.29) is 69.1 Å². The number of aliphatic carboxylic acids is 1. The Morgan fingerprint density at radius 1 is 0.781 bits per heavy atom. The van der Waals surface area contributed by atoms with Crippen LogP contribution in [0.4, 0.5) is 0 Å². The van der Waals surface area contributed by atoms with Crippen LogP contribution < -0.4 is 49.1 Å². The van der Waals surface area contributed by atoms with Gasteiger partial charge in [-0.25, -0.2) is 9.78 Å². The summed E-state index contributed by atoms with van der Waals surface area (Å²) in [5, 5.41) is 36.3. The number of H-pyrrole nitrogens is 1. The number of hydrogen-bond acceptors (Lipinski definition) is 13. The van der Waals surface area contributed by atoms with Crippen LogP contribution in [0.25, 0.3) is 0 Å². The van der Waals surface area contributed by atoms with Gasteiger partial charge in [-0.15, -0.1) is 0 Å². The molecular weight excluding hydrogens is 963 g/mol. The molecule has 2 aromatic carbocycles. The number of hydrogen-bond donors (Lipinski definition) is 13. The summed E-state index contributed by atoms with van der Waals surface area (Å²) in [5.41, 5.74) is 18.4. The van der Waals surface area contributed by atoms with Crippen LogP contribution in [-0.4, -0.2) is 146 Å². The molecule has 0 spiro atoms. The lowest BCUT2D eigenvalue weighted by Crippen LogP contribution is -2.62. The fourth-order valence-electron chi connectivity index (χ4n) is 8.12. The molecule has 9 atom stereocenters. The number of nitrogens with zero attached hydrogens (tertiary/aromatic N) is 3. The maximum atomic E-state index is 14.6. The van der Waals surface area contributed by atoms with Crippen LogP contribution in [-0.2, 0) is 57.6 Å². The Morgan fingerprint density at radius 3 is 1.99 bits per heavy atom. The van der Waals surface area contributed by atoms with Crippen molar-refractivity contribution in [2.75, 3.05) is 18.8 Å². The number of carbonyl (C=O) groups is 8. The van der Waals surface area contributed by atoms with Gasteiger partial charge in [0.1, 0.15) is 48.0 Å². The quantitative estimate of drug-likeness (QED) is 0.0182. The number of nitrogens with two attached hydrogens (primary N) is 3. The highest BCUT2D eigenvalue weighted by atomic mass is 32.1. The van der Waals surface area contributed by atoms with Crippen molar-refractivity contribution in [3.05, 3.63) is 83.9 Å². The molecule has 0 aliphatic carbocycles. The average molecular weight is 1030 g/mol. The first-order valence-electron chi connectivity index (χ1n) is 24.3. The van der Waals surface area contributed by atoms with Gasteiger partial charge in [-0.2, -0.15) is 12.6 Å². The predicted octanol–water partition coefficient (Wildman–Crippen LogP) is -0.860. The standard InChI is InChI=1S/C49H71N13O10S/c1-5-28(4)40(46(69)58-36(23-31-24-53-26-55-31)47(70)62-20-10-14-38(62)44(67)59-37(48(71)72)22-29-11-7-6-8-12-29)61-43(66)35(21-30-15-17-32(63)18-16-30)57-45(68)39(27(2)3)60-42(65)34(13-9-19-54-49(51)52)56-41(64)33(50)25-73/h6-8,11-12,15-18,24,26-28,33-40,63,73H,5,9-10,13-14,19-23,25,50H2,1-4H3,(H,53,55)(H,56,64)(H,57,68)(H,58,69)(H,59,67)(H,60,65)(H,61,66)(H,71,72)(H4,51,52,54)/t28-,33-,34-,35-,36-,37-,38-,39-,40-/m0/s1. The second kappa shape index (κ2) is 28.7. The van der Waals surface area contributed by atoms with Gasteiger partial charge < -0.3 is 69.2 Å². The number of carboxylic acids is 1. The van der Waals surface area contributed by atoms with E-state index < -0.39 is 107 Å². The van der Waals surface area contributed by atoms with Crippen molar-refractivity contribution in [1.82, 2.24) is 46.8 Å². The first-order chi connectivity index (χ1) is 34.7. The fourth-order valence-corrected chi connectivity index (χ4v) is 8.28. The van der Waals surface area contributed by atoms with Crippen molar-refractivity contribution in [3.8, 4) is 5.75 Å². The van der Waals surface area contributed by atoms with E-state index >= 15 is 0 Å². The van der Waals surface area contributed by atoms with Gasteiger partial charge in [-0.05, 0) is 60.8 Å². The number of carboxylic acid groups (broad SMARTS) is 1. The second-order valence-electron chi connectivity index (χ2n) is 18.5. The molecule has 1 aromatic heterocycles. The van der Waals surface area contributed by atoms with Crippen LogP contribution in [0.3, 0.4) is 0 Å². The molecule has 2 heterocycles. The third-order valence-corrected chi connectivity index (χ3v) is 12.9. The molecule has 24 heteroatoms. The number of phenols is 1. The van der Waals surface area contributed by atoms with Crippen LogP contribution in [0.15, 0.2) is 72.1 Å². The number of amides is 7. The van der Waals surface area contributed by atoms with E-state index in [0.717, 1.165) is 0 Å². The van der Waals surface area contributed by atoms with Crippen molar-refractivity contribution in [2.24, 2.45) is 34.0 Å². The van der Waals surface area contributed by atoms with E-state index in [2.05, 4.69) is 59.5 Å². The van der Waals surface area contributed by atoms with Crippen LogP contribution in [0.1, 0.15) is 76.6 Å². The molecule has 1 aliphatic heterocycles. The maximum Gasteiger partial charge on any atom is 0.326 e. The molecule has 0 saturated carbocycles. The van der Waals surface area contributed by atoms with E-state index in [0.29, 0.717) is 29.7 Å². The molecule has 23 nitrogen and oxygen atoms in total. The molecule has 4 rings (SSSR count). The minimum absolute atomic E-state index is 0.00760. The minimum Gasteiger partial charge on any atom is -0.508 e. The molecule has 0 radical (unpaired) electrons. The lowest BCUT2D eigenvalue weighted by atomic mass is 9.96. The Kier molecular flexibility index (Phi) is 23.0. The van der Waals surface area contributed by atoms with E-state index in [4.69, 9.17) is 17.2 Å². The highest BCUT2D eigenvalue weighted by Crippen LogP contribution is 2.21. The van der Waals surface area contributed by atoms with E-state index in [1.807, 2.05) is 0 Å². The highest BCUT2D eigenvalue weighted by molar-refractivity contribution is 7.80. The molecule has 3 aromatic rings. The Hall–Kier alpha value is -7.21. The minimum atomic E-state index is -1.37. The number of thiol groups is 1. The third-order valence-electron chi connectivity index (χ3n) is 12.5. The molecule has 7 amide bonds. The number of aromatic amines is 1. The van der Waals surface area contributed by atoms with Gasteiger partial charge in [0.15, 0.2) is 5.96 Å². The van der Waals surface area contributed by atoms with Crippen molar-refractivity contribution in [1.29, 1.82) is 0 Å². The Bertz CT molecular complexity index is 2350. The molecular formula is C49H71N13O10S. The number of aromatic hydroxyl groups is 1. The SMILES string of the molecule is CC[C@H](C)[C@H](NC(=O)[C@H](Cc1ccc(O)cc1)NC(=O)[C@@H](NC(=O)[C@H](CCCN=C(N)N)NC(=O)[C@@H](N)CS)C(C)C)C(=O)N[C@@H](Cc1cnc[nH]1)C(=O)N1CCC[C@H]1C(=O)N[C@@H](Cc1ccccc1)C(=O)O. The molecule has 1 saturated heterocycles. The van der Waals surface area contributed by atoms with Gasteiger partial charge in [-0.1, -0.05) is 76.6 Å². The van der Waals surface area contributed by atoms with Gasteiger partial charge in [0, 0.05) is 50.0 Å². The first-order valence-corrected chi connectivity index (χ1v) is 24.9. The van der Waals surface area contributed by atoms with Gasteiger partial charge in [-0.3, -0.25) is 38.6 Å². The van der Waals surface area contributed by atoms with Gasteiger partial charge in [0.25, 0.3) is 0 Å². The second-order valence-corrected chi connectivity index (χ2v) is 18.8. The van der Waals surface area contributed by atoms with E-state index in [9.17, 15) is 48.6 Å². The van der Waals surface area contributed by atoms with Crippen LogP contribution in [0, 0.1) is 11.8 Å². The maximum absolute atomic E-state index is 14.6. The third kappa shape index (κ3) is 18.1. The van der Waals surface area contributed by atoms with Gasteiger partial charge >= 0.3 is 5.97 Å². The zero-order chi connectivity index (χ0) is 53.8. The first kappa shape index (κ1) is 58.4. The number of aromatic nitrogens is 2. The Labute approximate surface area is 429 Å². The number of guanidine groups is 1. The van der Waals surface area contributed by atoms with Crippen molar-refractivity contribution in [3.63, 3.8) is 0 Å². The predicted molar refractivity (Wildman–Crippen MR) is 274 cm³/mol. The summed E-state index contributed by atoms with van der Waals surface area (Å²) in [6.45, 7) is 7.14. The fraction of sp³-hybridized carbons (Fsp3) is 0.510. The Balaban J connectivity index is 1.59. The summed E-state index contributed by atoms with van der Waals surface area (Å²) < 4.78 is 0. The van der Waals surface area contributed by atoms with Crippen molar-refractivity contribution >= 4 is 65.9 Å². The van der Waals surface area contributed by atoms with Crippen molar-refractivity contribution < 1.29 is 48.6 Å². The number of likely N-dealkylation sites (tertiary alicyclic amines) is 1. The van der Waals surface area contributed by atoms with E-state index in [1.54, 1.807) is 70.2 Å². The number of carbonyl (C=O) groups excluding carboxylic acids is 7. The summed E-state index contributed by atoms with van der Waals surface area (Å²) in [6.07, 6.45) is 4.03. The highest BCUT2D eigenvalue weighted by Gasteiger charge is 2.41. The molecule has 398 valence electrons. The van der Waals surface area contributed by atoms with Gasteiger partial charge in [0.05, 0.1) is 12.4 Å². The topological polar surface area (TPSA) is 372 Å².